The maximum absolute atomic E-state index is 10.7. The van der Waals surface area contributed by atoms with Crippen LogP contribution in [0.5, 0.6) is 0 Å². The summed E-state index contributed by atoms with van der Waals surface area (Å²) >= 11 is 1.89. The molecule has 13 heavy (non-hydrogen) atoms. The molecule has 1 unspecified atom stereocenters. The Balaban J connectivity index is 3.50. The van der Waals surface area contributed by atoms with Crippen LogP contribution in [0.25, 0.3) is 0 Å². The van der Waals surface area contributed by atoms with Gasteiger partial charge in [0.1, 0.15) is 0 Å². The minimum atomic E-state index is -0.364. The number of nitrogens with two attached hydrogens (primary N) is 2. The number of carbonyl (C=O) groups is 1. The second-order valence-electron chi connectivity index (χ2n) is 2.55. The van der Waals surface area contributed by atoms with Crippen LogP contribution in [0, 0.1) is 5.41 Å². The molecule has 0 bridgehead atoms. The van der Waals surface area contributed by atoms with E-state index in [1.807, 2.05) is 22.9 Å². The highest BCUT2D eigenvalue weighted by molar-refractivity contribution is 14.1. The van der Waals surface area contributed by atoms with E-state index in [0.29, 0.717) is 13.0 Å². The number of halogens is 1. The molecule has 0 radical (unpaired) electrons. The Morgan fingerprint density at radius 1 is 1.54 bits per heavy atom. The number of primary amides is 1. The van der Waals surface area contributed by atoms with Crippen molar-refractivity contribution in [3.8, 4) is 0 Å². The van der Waals surface area contributed by atoms with Gasteiger partial charge in [-0.15, -0.1) is 0 Å². The number of nitrogens with one attached hydrogen (secondary N) is 3. The van der Waals surface area contributed by atoms with E-state index in [-0.39, 0.29) is 17.9 Å². The highest BCUT2D eigenvalue weighted by Crippen LogP contribution is 1.97. The van der Waals surface area contributed by atoms with Gasteiger partial charge in [-0.25, -0.2) is 3.53 Å². The normalized spacial score (nSPS) is 12.1. The Hall–Kier alpha value is -0.570. The largest absolute Gasteiger partial charge is 0.370 e. The molecule has 7 N–H and O–H groups in total. The van der Waals surface area contributed by atoms with Crippen molar-refractivity contribution in [2.45, 2.75) is 18.9 Å². The van der Waals surface area contributed by atoms with Crippen LogP contribution in [-0.4, -0.2) is 24.5 Å². The molecule has 0 spiro atoms. The lowest BCUT2D eigenvalue weighted by atomic mass is 10.1. The maximum atomic E-state index is 10.7. The summed E-state index contributed by atoms with van der Waals surface area (Å²) in [7, 11) is 0. The number of hydrogen-bond acceptors (Lipinski definition) is 3. The van der Waals surface area contributed by atoms with E-state index in [0.717, 1.165) is 6.42 Å². The third-order valence-electron chi connectivity index (χ3n) is 1.46. The lowest BCUT2D eigenvalue weighted by molar-refractivity contribution is -0.119. The second-order valence-corrected chi connectivity index (χ2v) is 3.17. The molecule has 0 aromatic rings. The molecule has 76 valence electrons. The second kappa shape index (κ2) is 6.89. The van der Waals surface area contributed by atoms with E-state index in [1.165, 1.54) is 0 Å². The van der Waals surface area contributed by atoms with Crippen LogP contribution < -0.4 is 20.3 Å². The Morgan fingerprint density at radius 3 is 2.54 bits per heavy atom. The first kappa shape index (κ1) is 12.4. The van der Waals surface area contributed by atoms with E-state index >= 15 is 0 Å². The van der Waals surface area contributed by atoms with Gasteiger partial charge in [0.2, 0.25) is 5.91 Å². The van der Waals surface area contributed by atoms with Crippen LogP contribution in [0.15, 0.2) is 0 Å². The van der Waals surface area contributed by atoms with Gasteiger partial charge in [-0.1, -0.05) is 0 Å². The average molecular weight is 299 g/mol. The lowest BCUT2D eigenvalue weighted by Gasteiger charge is -2.10. The number of guanidine groups is 1. The van der Waals surface area contributed by atoms with Gasteiger partial charge in [-0.3, -0.25) is 10.2 Å². The van der Waals surface area contributed by atoms with Crippen LogP contribution in [0.3, 0.4) is 0 Å². The van der Waals surface area contributed by atoms with Crippen LogP contribution in [0.2, 0.25) is 0 Å². The smallest absolute Gasteiger partial charge is 0.235 e. The summed E-state index contributed by atoms with van der Waals surface area (Å²) in [6, 6.07) is -0.311. The molecule has 0 saturated carbocycles. The zero-order chi connectivity index (χ0) is 10.3. The zero-order valence-electron chi connectivity index (χ0n) is 7.14. The first-order valence-corrected chi connectivity index (χ1v) is 4.89. The van der Waals surface area contributed by atoms with Gasteiger partial charge in [0.25, 0.3) is 0 Å². The van der Waals surface area contributed by atoms with Crippen molar-refractivity contribution >= 4 is 34.7 Å². The molecule has 0 rings (SSSR count). The van der Waals surface area contributed by atoms with Gasteiger partial charge in [-0.2, -0.15) is 0 Å². The van der Waals surface area contributed by atoms with Crippen molar-refractivity contribution < 1.29 is 4.79 Å². The fraction of sp³-hybridized carbons (Fsp3) is 0.667. The Kier molecular flexibility index (Phi) is 6.59. The molecule has 0 saturated heterocycles. The number of amides is 1. The SMILES string of the molecule is N=C(N)NCCCC(NI)C(N)=O. The van der Waals surface area contributed by atoms with E-state index in [2.05, 4.69) is 8.85 Å². The standard InChI is InChI=1S/C6H14IN5O/c7-12-4(5(8)13)2-1-3-11-6(9)10/h4,12H,1-3H2,(H2,8,13)(H4,9,10,11). The molecule has 6 nitrogen and oxygen atoms in total. The van der Waals surface area contributed by atoms with Crippen LogP contribution in [-0.2, 0) is 4.79 Å². The minimum Gasteiger partial charge on any atom is -0.370 e. The van der Waals surface area contributed by atoms with Crippen molar-refractivity contribution in [2.75, 3.05) is 6.54 Å². The molecule has 1 amide bonds. The first-order valence-electron chi connectivity index (χ1n) is 3.81. The summed E-state index contributed by atoms with van der Waals surface area (Å²) in [4.78, 5) is 10.7. The van der Waals surface area contributed by atoms with E-state index in [4.69, 9.17) is 16.9 Å². The number of carbonyl (C=O) groups excluding carboxylic acids is 1. The van der Waals surface area contributed by atoms with Gasteiger partial charge < -0.3 is 16.8 Å². The summed E-state index contributed by atoms with van der Waals surface area (Å²) in [6.07, 6.45) is 1.38. The number of hydrogen-bond donors (Lipinski definition) is 5. The summed E-state index contributed by atoms with van der Waals surface area (Å²) in [5.41, 5.74) is 10.2. The Morgan fingerprint density at radius 2 is 2.15 bits per heavy atom. The monoisotopic (exact) mass is 299 g/mol. The van der Waals surface area contributed by atoms with Gasteiger partial charge in [0.05, 0.1) is 6.04 Å². The summed E-state index contributed by atoms with van der Waals surface area (Å²) in [5, 5.41) is 9.51. The third-order valence-corrected chi connectivity index (χ3v) is 2.21. The highest BCUT2D eigenvalue weighted by Gasteiger charge is 2.11. The van der Waals surface area contributed by atoms with Crippen molar-refractivity contribution in [2.24, 2.45) is 11.5 Å². The first-order chi connectivity index (χ1) is 6.07. The van der Waals surface area contributed by atoms with Crippen molar-refractivity contribution in [1.29, 1.82) is 5.41 Å². The molecule has 7 heteroatoms. The fourth-order valence-corrected chi connectivity index (χ4v) is 1.40. The van der Waals surface area contributed by atoms with Crippen molar-refractivity contribution in [3.63, 3.8) is 0 Å². The van der Waals surface area contributed by atoms with E-state index in [1.54, 1.807) is 0 Å². The zero-order valence-corrected chi connectivity index (χ0v) is 9.30. The summed E-state index contributed by atoms with van der Waals surface area (Å²) < 4.78 is 2.77. The Labute approximate surface area is 90.8 Å². The maximum Gasteiger partial charge on any atom is 0.235 e. The van der Waals surface area contributed by atoms with Crippen molar-refractivity contribution in [3.05, 3.63) is 0 Å². The molecular formula is C6H14IN5O. The molecule has 1 atom stereocenters. The third kappa shape index (κ3) is 6.58. The van der Waals surface area contributed by atoms with Gasteiger partial charge >= 0.3 is 0 Å². The average Bonchev–Trinajstić information content (AvgIpc) is 2.03. The van der Waals surface area contributed by atoms with Crippen molar-refractivity contribution in [1.82, 2.24) is 8.85 Å². The number of rotatable bonds is 6. The fourth-order valence-electron chi connectivity index (χ4n) is 0.780. The molecule has 0 heterocycles. The molecule has 0 aliphatic carbocycles. The van der Waals surface area contributed by atoms with Gasteiger partial charge in [0.15, 0.2) is 5.96 Å². The van der Waals surface area contributed by atoms with Crippen LogP contribution in [0.4, 0.5) is 0 Å². The molecule has 0 aliphatic heterocycles. The van der Waals surface area contributed by atoms with Gasteiger partial charge in [0, 0.05) is 29.4 Å². The molecule has 0 fully saturated rings. The lowest BCUT2D eigenvalue weighted by Crippen LogP contribution is -2.37. The van der Waals surface area contributed by atoms with E-state index in [9.17, 15) is 4.79 Å². The van der Waals surface area contributed by atoms with Crippen LogP contribution in [0.1, 0.15) is 12.8 Å². The predicted octanol–water partition coefficient (Wildman–Crippen LogP) is -0.957. The van der Waals surface area contributed by atoms with Crippen LogP contribution >= 0.6 is 22.9 Å². The molecule has 0 aromatic heterocycles. The summed E-state index contributed by atoms with van der Waals surface area (Å²) in [6.45, 7) is 0.581. The van der Waals surface area contributed by atoms with E-state index < -0.39 is 0 Å². The topological polar surface area (TPSA) is 117 Å². The minimum absolute atomic E-state index is 0.0574. The molecule has 0 aromatic carbocycles. The molecule has 0 aliphatic rings. The summed E-state index contributed by atoms with van der Waals surface area (Å²) in [5.74, 6) is -0.421. The van der Waals surface area contributed by atoms with Gasteiger partial charge in [-0.05, 0) is 12.8 Å². The highest BCUT2D eigenvalue weighted by atomic mass is 127. The molecular weight excluding hydrogens is 285 g/mol. The predicted molar refractivity (Wildman–Crippen MR) is 59.3 cm³/mol. The Bertz CT molecular complexity index is 186. The quantitative estimate of drug-likeness (QED) is 0.143.